The maximum atomic E-state index is 12.5. The summed E-state index contributed by atoms with van der Waals surface area (Å²) >= 11 is 0. The van der Waals surface area contributed by atoms with Crippen molar-refractivity contribution in [3.8, 4) is 0 Å². The van der Waals surface area contributed by atoms with E-state index in [0.717, 1.165) is 42.2 Å². The van der Waals surface area contributed by atoms with Crippen LogP contribution in [0.5, 0.6) is 0 Å². The minimum atomic E-state index is -4.34. The molecule has 2 aromatic rings. The van der Waals surface area contributed by atoms with Gasteiger partial charge < -0.3 is 15.5 Å². The van der Waals surface area contributed by atoms with Gasteiger partial charge in [0.1, 0.15) is 5.82 Å². The Morgan fingerprint density at radius 1 is 1.04 bits per heavy atom. The highest BCUT2D eigenvalue weighted by Crippen LogP contribution is 2.29. The van der Waals surface area contributed by atoms with Crippen LogP contribution in [0.4, 0.5) is 23.8 Å². The Kier molecular flexibility index (Phi) is 6.38. The molecule has 3 rings (SSSR count). The molecule has 0 atom stereocenters. The van der Waals surface area contributed by atoms with E-state index in [4.69, 9.17) is 0 Å². The van der Waals surface area contributed by atoms with Gasteiger partial charge in [0.25, 0.3) is 0 Å². The molecule has 1 aromatic carbocycles. The van der Waals surface area contributed by atoms with Gasteiger partial charge in [-0.25, -0.2) is 9.78 Å². The summed E-state index contributed by atoms with van der Waals surface area (Å²) in [5.74, 6) is 0.930. The molecule has 1 aromatic heterocycles. The van der Waals surface area contributed by atoms with Crippen molar-refractivity contribution in [3.63, 3.8) is 0 Å². The number of rotatable bonds is 6. The molecular weight excluding hydrogens is 369 g/mol. The second kappa shape index (κ2) is 8.95. The van der Waals surface area contributed by atoms with Crippen molar-refractivity contribution in [2.24, 2.45) is 0 Å². The molecule has 0 spiro atoms. The van der Waals surface area contributed by atoms with Crippen LogP contribution in [0.15, 0.2) is 42.6 Å². The van der Waals surface area contributed by atoms with E-state index in [0.29, 0.717) is 19.5 Å². The third-order valence-corrected chi connectivity index (χ3v) is 4.67. The summed E-state index contributed by atoms with van der Waals surface area (Å²) in [5.41, 5.74) is 1.03. The molecule has 1 fully saturated rings. The van der Waals surface area contributed by atoms with Crippen molar-refractivity contribution in [1.29, 1.82) is 0 Å². The van der Waals surface area contributed by atoms with Gasteiger partial charge in [0, 0.05) is 32.4 Å². The number of anilines is 1. The topological polar surface area (TPSA) is 57.3 Å². The molecular formula is C20H23F3N4O. The summed E-state index contributed by atoms with van der Waals surface area (Å²) in [6, 6.07) is 8.49. The van der Waals surface area contributed by atoms with Gasteiger partial charge in [-0.15, -0.1) is 0 Å². The fourth-order valence-corrected chi connectivity index (χ4v) is 3.12. The number of carbonyl (C=O) groups excluding carboxylic acids is 1. The van der Waals surface area contributed by atoms with Crippen LogP contribution in [0.25, 0.3) is 0 Å². The third kappa shape index (κ3) is 5.61. The van der Waals surface area contributed by atoms with Crippen molar-refractivity contribution in [2.75, 3.05) is 24.5 Å². The highest BCUT2D eigenvalue weighted by Gasteiger charge is 2.29. The van der Waals surface area contributed by atoms with E-state index in [1.807, 2.05) is 12.1 Å². The van der Waals surface area contributed by atoms with E-state index in [2.05, 4.69) is 20.5 Å². The Labute approximate surface area is 162 Å². The smallest absolute Gasteiger partial charge is 0.357 e. The minimum Gasteiger partial charge on any atom is -0.357 e. The van der Waals surface area contributed by atoms with Crippen molar-refractivity contribution < 1.29 is 18.0 Å². The standard InChI is InChI=1S/C20H23F3N4O/c21-20(22,23)17-5-3-15(4-6-17)7-10-25-19(28)26-14-16-8-9-24-18(13-16)27-11-1-2-12-27/h3-6,8-9,13H,1-2,7,10-12,14H2,(H2,25,26,28). The molecule has 28 heavy (non-hydrogen) atoms. The summed E-state index contributed by atoms with van der Waals surface area (Å²) < 4.78 is 37.6. The summed E-state index contributed by atoms with van der Waals surface area (Å²) in [7, 11) is 0. The zero-order valence-electron chi connectivity index (χ0n) is 15.4. The monoisotopic (exact) mass is 392 g/mol. The van der Waals surface area contributed by atoms with Crippen LogP contribution in [0.2, 0.25) is 0 Å². The quantitative estimate of drug-likeness (QED) is 0.787. The maximum absolute atomic E-state index is 12.5. The summed E-state index contributed by atoms with van der Waals surface area (Å²) in [4.78, 5) is 18.5. The lowest BCUT2D eigenvalue weighted by molar-refractivity contribution is -0.137. The average Bonchev–Trinajstić information content (AvgIpc) is 3.21. The first-order valence-corrected chi connectivity index (χ1v) is 9.29. The second-order valence-corrected chi connectivity index (χ2v) is 6.77. The first kappa shape index (κ1) is 20.0. The van der Waals surface area contributed by atoms with E-state index in [9.17, 15) is 18.0 Å². The molecule has 0 saturated carbocycles. The molecule has 0 aliphatic carbocycles. The van der Waals surface area contributed by atoms with Gasteiger partial charge in [-0.3, -0.25) is 0 Å². The SMILES string of the molecule is O=C(NCCc1ccc(C(F)(F)F)cc1)NCc1ccnc(N2CCCC2)c1. The predicted octanol–water partition coefficient (Wildman–Crippen LogP) is 3.74. The van der Waals surface area contributed by atoms with E-state index in [-0.39, 0.29) is 6.03 Å². The van der Waals surface area contributed by atoms with Crippen molar-refractivity contribution in [1.82, 2.24) is 15.6 Å². The van der Waals surface area contributed by atoms with Gasteiger partial charge in [-0.05, 0) is 54.7 Å². The molecule has 1 aliphatic heterocycles. The molecule has 8 heteroatoms. The number of benzene rings is 1. The Balaban J connectivity index is 1.40. The molecule has 0 bridgehead atoms. The highest BCUT2D eigenvalue weighted by molar-refractivity contribution is 5.73. The van der Waals surface area contributed by atoms with Crippen LogP contribution in [0.1, 0.15) is 29.5 Å². The number of nitrogens with zero attached hydrogens (tertiary/aromatic N) is 2. The van der Waals surface area contributed by atoms with Gasteiger partial charge in [0.2, 0.25) is 0 Å². The lowest BCUT2D eigenvalue weighted by Crippen LogP contribution is -2.36. The molecule has 5 nitrogen and oxygen atoms in total. The van der Waals surface area contributed by atoms with E-state index in [1.165, 1.54) is 25.0 Å². The fraction of sp³-hybridized carbons (Fsp3) is 0.400. The maximum Gasteiger partial charge on any atom is 0.416 e. The van der Waals surface area contributed by atoms with Gasteiger partial charge in [0.15, 0.2) is 0 Å². The van der Waals surface area contributed by atoms with Crippen LogP contribution in [-0.4, -0.2) is 30.6 Å². The van der Waals surface area contributed by atoms with E-state index >= 15 is 0 Å². The average molecular weight is 392 g/mol. The van der Waals surface area contributed by atoms with Crippen LogP contribution < -0.4 is 15.5 Å². The van der Waals surface area contributed by atoms with Gasteiger partial charge in [-0.1, -0.05) is 12.1 Å². The zero-order valence-corrected chi connectivity index (χ0v) is 15.4. The predicted molar refractivity (Wildman–Crippen MR) is 101 cm³/mol. The zero-order chi connectivity index (χ0) is 20.0. The van der Waals surface area contributed by atoms with Crippen LogP contribution in [0, 0.1) is 0 Å². The fourth-order valence-electron chi connectivity index (χ4n) is 3.12. The molecule has 2 heterocycles. The molecule has 2 amide bonds. The normalized spacial score (nSPS) is 14.2. The number of pyridine rings is 1. The first-order chi connectivity index (χ1) is 13.4. The molecule has 2 N–H and O–H groups in total. The van der Waals surface area contributed by atoms with Crippen molar-refractivity contribution >= 4 is 11.8 Å². The highest BCUT2D eigenvalue weighted by atomic mass is 19.4. The van der Waals surface area contributed by atoms with Crippen molar-refractivity contribution in [2.45, 2.75) is 32.0 Å². The molecule has 1 aliphatic rings. The van der Waals surface area contributed by atoms with Crippen LogP contribution >= 0.6 is 0 Å². The molecule has 0 radical (unpaired) electrons. The number of halogens is 3. The Morgan fingerprint density at radius 3 is 2.43 bits per heavy atom. The Hall–Kier alpha value is -2.77. The number of hydrogen-bond acceptors (Lipinski definition) is 3. The largest absolute Gasteiger partial charge is 0.416 e. The molecule has 0 unspecified atom stereocenters. The van der Waals surface area contributed by atoms with Gasteiger partial charge >= 0.3 is 12.2 Å². The summed E-state index contributed by atoms with van der Waals surface area (Å²) in [6.07, 6.45) is 0.211. The lowest BCUT2D eigenvalue weighted by atomic mass is 10.1. The Bertz CT molecular complexity index is 787. The summed E-state index contributed by atoms with van der Waals surface area (Å²) in [6.45, 7) is 2.74. The Morgan fingerprint density at radius 2 is 1.75 bits per heavy atom. The first-order valence-electron chi connectivity index (χ1n) is 9.29. The molecule has 1 saturated heterocycles. The third-order valence-electron chi connectivity index (χ3n) is 4.67. The number of hydrogen-bond donors (Lipinski definition) is 2. The minimum absolute atomic E-state index is 0.313. The van der Waals surface area contributed by atoms with Gasteiger partial charge in [0.05, 0.1) is 5.56 Å². The number of carbonyl (C=O) groups is 1. The number of nitrogens with one attached hydrogen (secondary N) is 2. The van der Waals surface area contributed by atoms with E-state index in [1.54, 1.807) is 6.20 Å². The lowest BCUT2D eigenvalue weighted by Gasteiger charge is -2.17. The number of aromatic nitrogens is 1. The second-order valence-electron chi connectivity index (χ2n) is 6.77. The van der Waals surface area contributed by atoms with Crippen LogP contribution in [0.3, 0.4) is 0 Å². The van der Waals surface area contributed by atoms with Crippen molar-refractivity contribution in [3.05, 3.63) is 59.3 Å². The number of alkyl halides is 3. The number of urea groups is 1. The van der Waals surface area contributed by atoms with Crippen LogP contribution in [-0.2, 0) is 19.1 Å². The van der Waals surface area contributed by atoms with Gasteiger partial charge in [-0.2, -0.15) is 13.2 Å². The summed E-state index contributed by atoms with van der Waals surface area (Å²) in [5, 5.41) is 5.50. The molecule has 150 valence electrons. The van der Waals surface area contributed by atoms with E-state index < -0.39 is 11.7 Å². The number of amides is 2.